The molecular weight excluding hydrogens is 360 g/mol. The van der Waals surface area contributed by atoms with Crippen LogP contribution in [0.4, 0.5) is 16.2 Å². The SMILES string of the molecule is CSCC[C@H](NC(N)=O)C(=O)OCC(=O)Nc1ccc(NC(C)=O)cc1. The topological polar surface area (TPSA) is 140 Å². The molecule has 5 N–H and O–H groups in total. The molecule has 9 nitrogen and oxygen atoms in total. The zero-order chi connectivity index (χ0) is 19.5. The van der Waals surface area contributed by atoms with Crippen molar-refractivity contribution in [2.75, 3.05) is 29.2 Å². The minimum Gasteiger partial charge on any atom is -0.454 e. The van der Waals surface area contributed by atoms with E-state index in [1.165, 1.54) is 18.7 Å². The van der Waals surface area contributed by atoms with E-state index in [1.54, 1.807) is 24.3 Å². The van der Waals surface area contributed by atoms with Gasteiger partial charge in [-0.1, -0.05) is 0 Å². The summed E-state index contributed by atoms with van der Waals surface area (Å²) in [4.78, 5) is 45.7. The van der Waals surface area contributed by atoms with E-state index < -0.39 is 30.6 Å². The van der Waals surface area contributed by atoms with Crippen molar-refractivity contribution >= 4 is 47.0 Å². The maximum Gasteiger partial charge on any atom is 0.329 e. The lowest BCUT2D eigenvalue weighted by atomic mass is 10.2. The number of ether oxygens (including phenoxy) is 1. The van der Waals surface area contributed by atoms with Gasteiger partial charge in [0.1, 0.15) is 6.04 Å². The van der Waals surface area contributed by atoms with Gasteiger partial charge in [-0.05, 0) is 42.7 Å². The number of rotatable bonds is 9. The van der Waals surface area contributed by atoms with Crippen LogP contribution < -0.4 is 21.7 Å². The van der Waals surface area contributed by atoms with Gasteiger partial charge in [0, 0.05) is 18.3 Å². The Labute approximate surface area is 155 Å². The third-order valence-corrected chi connectivity index (χ3v) is 3.69. The highest BCUT2D eigenvalue weighted by atomic mass is 32.2. The number of carbonyl (C=O) groups is 4. The predicted molar refractivity (Wildman–Crippen MR) is 99.8 cm³/mol. The number of amides is 4. The maximum absolute atomic E-state index is 12.0. The van der Waals surface area contributed by atoms with Crippen LogP contribution in [0.3, 0.4) is 0 Å². The normalized spacial score (nSPS) is 11.2. The van der Waals surface area contributed by atoms with E-state index in [2.05, 4.69) is 16.0 Å². The van der Waals surface area contributed by atoms with Gasteiger partial charge in [-0.3, -0.25) is 9.59 Å². The Morgan fingerprint density at radius 1 is 1.12 bits per heavy atom. The molecule has 0 aliphatic carbocycles. The Bertz CT molecular complexity index is 651. The minimum absolute atomic E-state index is 0.200. The summed E-state index contributed by atoms with van der Waals surface area (Å²) in [5, 5.41) is 7.45. The molecule has 0 radical (unpaired) electrons. The third-order valence-electron chi connectivity index (χ3n) is 3.05. The van der Waals surface area contributed by atoms with Crippen molar-refractivity contribution in [3.8, 4) is 0 Å². The first-order valence-corrected chi connectivity index (χ1v) is 9.10. The van der Waals surface area contributed by atoms with Crippen LogP contribution in [-0.2, 0) is 19.1 Å². The van der Waals surface area contributed by atoms with Crippen LogP contribution in [0.15, 0.2) is 24.3 Å². The van der Waals surface area contributed by atoms with Crippen LogP contribution >= 0.6 is 11.8 Å². The van der Waals surface area contributed by atoms with Crippen molar-refractivity contribution < 1.29 is 23.9 Å². The number of esters is 1. The molecule has 1 rings (SSSR count). The van der Waals surface area contributed by atoms with Crippen molar-refractivity contribution in [2.45, 2.75) is 19.4 Å². The standard InChI is InChI=1S/C16H22N4O5S/c1-10(21)18-11-3-5-12(6-4-11)19-14(22)9-25-15(23)13(7-8-26-2)20-16(17)24/h3-6,13H,7-9H2,1-2H3,(H,18,21)(H,19,22)(H3,17,20,24)/t13-/m0/s1. The Morgan fingerprint density at radius 3 is 2.19 bits per heavy atom. The summed E-state index contributed by atoms with van der Waals surface area (Å²) < 4.78 is 4.92. The monoisotopic (exact) mass is 382 g/mol. The molecule has 0 unspecified atom stereocenters. The van der Waals surface area contributed by atoms with Crippen LogP contribution in [0.1, 0.15) is 13.3 Å². The highest BCUT2D eigenvalue weighted by molar-refractivity contribution is 7.98. The summed E-state index contributed by atoms with van der Waals surface area (Å²) in [6, 6.07) is 4.71. The van der Waals surface area contributed by atoms with Gasteiger partial charge in [-0.2, -0.15) is 11.8 Å². The zero-order valence-corrected chi connectivity index (χ0v) is 15.4. The molecule has 1 atom stereocenters. The summed E-state index contributed by atoms with van der Waals surface area (Å²) in [7, 11) is 0. The fourth-order valence-corrected chi connectivity index (χ4v) is 2.40. The molecule has 0 aliphatic rings. The Kier molecular flexibility index (Phi) is 8.99. The predicted octanol–water partition coefficient (Wildman–Crippen LogP) is 0.917. The number of thioether (sulfide) groups is 1. The van der Waals surface area contributed by atoms with Crippen molar-refractivity contribution in [1.29, 1.82) is 0 Å². The molecule has 26 heavy (non-hydrogen) atoms. The van der Waals surface area contributed by atoms with Crippen LogP contribution in [-0.4, -0.2) is 48.5 Å². The summed E-state index contributed by atoms with van der Waals surface area (Å²) in [5.74, 6) is -0.844. The lowest BCUT2D eigenvalue weighted by molar-refractivity contribution is -0.149. The summed E-state index contributed by atoms with van der Waals surface area (Å²) >= 11 is 1.50. The summed E-state index contributed by atoms with van der Waals surface area (Å²) in [6.45, 7) is 0.895. The average molecular weight is 382 g/mol. The zero-order valence-electron chi connectivity index (χ0n) is 14.5. The Balaban J connectivity index is 2.49. The van der Waals surface area contributed by atoms with Crippen molar-refractivity contribution in [2.24, 2.45) is 5.73 Å². The van der Waals surface area contributed by atoms with Crippen LogP contribution in [0, 0.1) is 0 Å². The average Bonchev–Trinajstić information content (AvgIpc) is 2.57. The largest absolute Gasteiger partial charge is 0.454 e. The van der Waals surface area contributed by atoms with E-state index in [-0.39, 0.29) is 5.91 Å². The molecule has 4 amide bonds. The molecule has 1 aromatic rings. The molecule has 0 saturated carbocycles. The molecule has 0 fully saturated rings. The third kappa shape index (κ3) is 8.38. The van der Waals surface area contributed by atoms with Gasteiger partial charge in [0.25, 0.3) is 5.91 Å². The highest BCUT2D eigenvalue weighted by Gasteiger charge is 2.21. The van der Waals surface area contributed by atoms with Gasteiger partial charge in [-0.15, -0.1) is 0 Å². The molecule has 10 heteroatoms. The number of hydrogen-bond donors (Lipinski definition) is 4. The van der Waals surface area contributed by atoms with Crippen molar-refractivity contribution in [3.63, 3.8) is 0 Å². The summed E-state index contributed by atoms with van der Waals surface area (Å²) in [5.41, 5.74) is 6.11. The number of nitrogens with two attached hydrogens (primary N) is 1. The lowest BCUT2D eigenvalue weighted by Crippen LogP contribution is -2.45. The summed E-state index contributed by atoms with van der Waals surface area (Å²) in [6.07, 6.45) is 2.20. The maximum atomic E-state index is 12.0. The number of carbonyl (C=O) groups excluding carboxylic acids is 4. The van der Waals surface area contributed by atoms with Crippen LogP contribution in [0.2, 0.25) is 0 Å². The number of hydrogen-bond acceptors (Lipinski definition) is 6. The molecule has 0 bridgehead atoms. The number of anilines is 2. The molecule has 0 spiro atoms. The molecule has 0 saturated heterocycles. The number of benzene rings is 1. The van der Waals surface area contributed by atoms with Crippen molar-refractivity contribution in [1.82, 2.24) is 5.32 Å². The first kappa shape index (κ1) is 21.3. The van der Waals surface area contributed by atoms with E-state index in [4.69, 9.17) is 10.5 Å². The molecule has 1 aromatic carbocycles. The minimum atomic E-state index is -0.898. The van der Waals surface area contributed by atoms with Gasteiger partial charge >= 0.3 is 12.0 Å². The lowest BCUT2D eigenvalue weighted by Gasteiger charge is -2.16. The number of urea groups is 1. The van der Waals surface area contributed by atoms with E-state index in [9.17, 15) is 19.2 Å². The van der Waals surface area contributed by atoms with Gasteiger partial charge < -0.3 is 26.4 Å². The van der Waals surface area contributed by atoms with Gasteiger partial charge in [0.15, 0.2) is 6.61 Å². The first-order valence-electron chi connectivity index (χ1n) is 7.71. The highest BCUT2D eigenvalue weighted by Crippen LogP contribution is 2.13. The Morgan fingerprint density at radius 2 is 1.69 bits per heavy atom. The number of primary amides is 1. The Hall–Kier alpha value is -2.75. The quantitative estimate of drug-likeness (QED) is 0.468. The van der Waals surface area contributed by atoms with E-state index in [0.717, 1.165) is 0 Å². The molecule has 0 aromatic heterocycles. The van der Waals surface area contributed by atoms with E-state index in [0.29, 0.717) is 23.5 Å². The van der Waals surface area contributed by atoms with Gasteiger partial charge in [0.2, 0.25) is 5.91 Å². The number of nitrogens with one attached hydrogen (secondary N) is 3. The van der Waals surface area contributed by atoms with E-state index >= 15 is 0 Å². The first-order chi connectivity index (χ1) is 12.3. The van der Waals surface area contributed by atoms with Gasteiger partial charge in [-0.25, -0.2) is 9.59 Å². The fraction of sp³-hybridized carbons (Fsp3) is 0.375. The fourth-order valence-electron chi connectivity index (χ4n) is 1.93. The smallest absolute Gasteiger partial charge is 0.329 e. The van der Waals surface area contributed by atoms with E-state index in [1.807, 2.05) is 6.26 Å². The van der Waals surface area contributed by atoms with Crippen LogP contribution in [0.5, 0.6) is 0 Å². The second-order valence-electron chi connectivity index (χ2n) is 5.26. The second kappa shape index (κ2) is 11.0. The molecule has 142 valence electrons. The molecule has 0 heterocycles. The van der Waals surface area contributed by atoms with Crippen LogP contribution in [0.25, 0.3) is 0 Å². The van der Waals surface area contributed by atoms with Crippen molar-refractivity contribution in [3.05, 3.63) is 24.3 Å². The second-order valence-corrected chi connectivity index (χ2v) is 6.24. The molecule has 0 aliphatic heterocycles. The molecular formula is C16H22N4O5S. The van der Waals surface area contributed by atoms with Gasteiger partial charge in [0.05, 0.1) is 0 Å².